The van der Waals surface area contributed by atoms with Crippen LogP contribution in [0.2, 0.25) is 0 Å². The molecule has 1 heterocycles. The van der Waals surface area contributed by atoms with E-state index in [0.29, 0.717) is 19.8 Å². The standard InChI is InChI=1S/C15H22N2O3/c1-4-17-15(2,3)14(18)16-10-11-5-6-12-13(9-11)20-8-7-19-12/h5-6,9,17H,4,7-8,10H2,1-3H3,(H,16,18). The van der Waals surface area contributed by atoms with E-state index in [1.165, 1.54) is 0 Å². The molecule has 20 heavy (non-hydrogen) atoms. The molecule has 0 saturated heterocycles. The third-order valence-corrected chi connectivity index (χ3v) is 3.25. The van der Waals surface area contributed by atoms with Gasteiger partial charge in [0.05, 0.1) is 5.54 Å². The van der Waals surface area contributed by atoms with Crippen LogP contribution in [-0.4, -0.2) is 31.2 Å². The molecule has 1 aliphatic heterocycles. The van der Waals surface area contributed by atoms with E-state index >= 15 is 0 Å². The minimum Gasteiger partial charge on any atom is -0.486 e. The van der Waals surface area contributed by atoms with Crippen LogP contribution in [0, 0.1) is 0 Å². The first-order valence-corrected chi connectivity index (χ1v) is 6.95. The average molecular weight is 278 g/mol. The van der Waals surface area contributed by atoms with E-state index in [4.69, 9.17) is 9.47 Å². The van der Waals surface area contributed by atoms with Crippen LogP contribution >= 0.6 is 0 Å². The highest BCUT2D eigenvalue weighted by molar-refractivity contribution is 5.85. The molecule has 2 N–H and O–H groups in total. The molecule has 1 aromatic carbocycles. The van der Waals surface area contributed by atoms with Gasteiger partial charge in [-0.25, -0.2) is 0 Å². The second-order valence-corrected chi connectivity index (χ2v) is 5.32. The fraction of sp³-hybridized carbons (Fsp3) is 0.533. The molecule has 0 aromatic heterocycles. The minimum absolute atomic E-state index is 0.0192. The van der Waals surface area contributed by atoms with Gasteiger partial charge in [0.25, 0.3) is 0 Å². The number of carbonyl (C=O) groups is 1. The van der Waals surface area contributed by atoms with Crippen molar-refractivity contribution in [3.8, 4) is 11.5 Å². The van der Waals surface area contributed by atoms with Crippen LogP contribution in [-0.2, 0) is 11.3 Å². The lowest BCUT2D eigenvalue weighted by atomic mass is 10.0. The number of carbonyl (C=O) groups excluding carboxylic acids is 1. The normalized spacial score (nSPS) is 13.9. The summed E-state index contributed by atoms with van der Waals surface area (Å²) in [5.41, 5.74) is 0.428. The minimum atomic E-state index is -0.567. The average Bonchev–Trinajstić information content (AvgIpc) is 2.44. The predicted octanol–water partition coefficient (Wildman–Crippen LogP) is 1.46. The lowest BCUT2D eigenvalue weighted by Crippen LogP contribution is -2.52. The number of fused-ring (bicyclic) bond motifs is 1. The van der Waals surface area contributed by atoms with Crippen molar-refractivity contribution >= 4 is 5.91 Å². The van der Waals surface area contributed by atoms with Gasteiger partial charge in [0.1, 0.15) is 13.2 Å². The third-order valence-electron chi connectivity index (χ3n) is 3.25. The number of rotatable bonds is 5. The number of hydrogen-bond donors (Lipinski definition) is 2. The van der Waals surface area contributed by atoms with E-state index in [1.807, 2.05) is 39.0 Å². The summed E-state index contributed by atoms with van der Waals surface area (Å²) in [6.07, 6.45) is 0. The Kier molecular flexibility index (Phi) is 4.49. The molecule has 2 rings (SSSR count). The van der Waals surface area contributed by atoms with Crippen LogP contribution in [0.15, 0.2) is 18.2 Å². The van der Waals surface area contributed by atoms with E-state index in [0.717, 1.165) is 23.6 Å². The Bertz CT molecular complexity index is 486. The summed E-state index contributed by atoms with van der Waals surface area (Å²) >= 11 is 0. The topological polar surface area (TPSA) is 59.6 Å². The maximum Gasteiger partial charge on any atom is 0.239 e. The van der Waals surface area contributed by atoms with E-state index < -0.39 is 5.54 Å². The number of amides is 1. The van der Waals surface area contributed by atoms with Crippen LogP contribution in [0.25, 0.3) is 0 Å². The van der Waals surface area contributed by atoms with Crippen LogP contribution in [0.3, 0.4) is 0 Å². The van der Waals surface area contributed by atoms with Crippen molar-refractivity contribution in [1.29, 1.82) is 0 Å². The maximum atomic E-state index is 12.1. The molecule has 0 spiro atoms. The monoisotopic (exact) mass is 278 g/mol. The van der Waals surface area contributed by atoms with Crippen molar-refractivity contribution < 1.29 is 14.3 Å². The van der Waals surface area contributed by atoms with Crippen LogP contribution < -0.4 is 20.1 Å². The predicted molar refractivity (Wildman–Crippen MR) is 77.0 cm³/mol. The van der Waals surface area contributed by atoms with Crippen molar-refractivity contribution in [2.75, 3.05) is 19.8 Å². The molecule has 110 valence electrons. The molecule has 1 amide bonds. The molecule has 0 unspecified atom stereocenters. The lowest BCUT2D eigenvalue weighted by Gasteiger charge is -2.24. The first kappa shape index (κ1) is 14.7. The summed E-state index contributed by atoms with van der Waals surface area (Å²) < 4.78 is 11.0. The number of benzene rings is 1. The quantitative estimate of drug-likeness (QED) is 0.856. The Balaban J connectivity index is 1.96. The highest BCUT2D eigenvalue weighted by atomic mass is 16.6. The molecule has 0 bridgehead atoms. The molecule has 1 aliphatic rings. The second kappa shape index (κ2) is 6.13. The number of nitrogens with one attached hydrogen (secondary N) is 2. The smallest absolute Gasteiger partial charge is 0.239 e. The SMILES string of the molecule is CCNC(C)(C)C(=O)NCc1ccc2c(c1)OCCO2. The van der Waals surface area contributed by atoms with Gasteiger partial charge in [-0.15, -0.1) is 0 Å². The molecular weight excluding hydrogens is 256 g/mol. The largest absolute Gasteiger partial charge is 0.486 e. The fourth-order valence-electron chi connectivity index (χ4n) is 2.12. The Hall–Kier alpha value is -1.75. The van der Waals surface area contributed by atoms with Gasteiger partial charge in [-0.05, 0) is 38.1 Å². The number of hydrogen-bond acceptors (Lipinski definition) is 4. The first-order valence-electron chi connectivity index (χ1n) is 6.95. The van der Waals surface area contributed by atoms with E-state index in [2.05, 4.69) is 10.6 Å². The second-order valence-electron chi connectivity index (χ2n) is 5.32. The van der Waals surface area contributed by atoms with Gasteiger partial charge in [-0.3, -0.25) is 4.79 Å². The summed E-state index contributed by atoms with van der Waals surface area (Å²) in [6.45, 7) is 8.10. The summed E-state index contributed by atoms with van der Waals surface area (Å²) in [5, 5.41) is 6.08. The Morgan fingerprint density at radius 2 is 1.95 bits per heavy atom. The maximum absolute atomic E-state index is 12.1. The van der Waals surface area contributed by atoms with Gasteiger partial charge in [0, 0.05) is 6.54 Å². The van der Waals surface area contributed by atoms with Crippen molar-refractivity contribution in [3.63, 3.8) is 0 Å². The van der Waals surface area contributed by atoms with E-state index in [-0.39, 0.29) is 5.91 Å². The third kappa shape index (κ3) is 3.42. The van der Waals surface area contributed by atoms with E-state index in [9.17, 15) is 4.79 Å². The molecule has 1 aromatic rings. The summed E-state index contributed by atoms with van der Waals surface area (Å²) in [7, 11) is 0. The molecule has 0 aliphatic carbocycles. The molecular formula is C15H22N2O3. The molecule has 0 saturated carbocycles. The van der Waals surface area contributed by atoms with E-state index in [1.54, 1.807) is 0 Å². The Morgan fingerprint density at radius 3 is 2.65 bits per heavy atom. The van der Waals surface area contributed by atoms with Gasteiger partial charge >= 0.3 is 0 Å². The van der Waals surface area contributed by atoms with Gasteiger partial charge in [0.2, 0.25) is 5.91 Å². The van der Waals surface area contributed by atoms with Gasteiger partial charge in [-0.1, -0.05) is 13.0 Å². The van der Waals surface area contributed by atoms with Crippen LogP contribution in [0.5, 0.6) is 11.5 Å². The number of ether oxygens (including phenoxy) is 2. The van der Waals surface area contributed by atoms with Crippen LogP contribution in [0.1, 0.15) is 26.3 Å². The van der Waals surface area contributed by atoms with Gasteiger partial charge in [-0.2, -0.15) is 0 Å². The summed E-state index contributed by atoms with van der Waals surface area (Å²) in [6, 6.07) is 5.73. The van der Waals surface area contributed by atoms with Crippen molar-refractivity contribution in [1.82, 2.24) is 10.6 Å². The fourth-order valence-corrected chi connectivity index (χ4v) is 2.12. The van der Waals surface area contributed by atoms with Crippen molar-refractivity contribution in [2.45, 2.75) is 32.9 Å². The molecule has 5 heteroatoms. The zero-order valence-corrected chi connectivity index (χ0v) is 12.3. The Morgan fingerprint density at radius 1 is 1.25 bits per heavy atom. The summed E-state index contributed by atoms with van der Waals surface area (Å²) in [5.74, 6) is 1.49. The van der Waals surface area contributed by atoms with Gasteiger partial charge < -0.3 is 20.1 Å². The lowest BCUT2D eigenvalue weighted by molar-refractivity contribution is -0.126. The zero-order valence-electron chi connectivity index (χ0n) is 12.3. The Labute approximate surface area is 119 Å². The molecule has 0 atom stereocenters. The molecule has 5 nitrogen and oxygen atoms in total. The zero-order chi connectivity index (χ0) is 14.6. The summed E-state index contributed by atoms with van der Waals surface area (Å²) in [4.78, 5) is 12.1. The molecule has 0 radical (unpaired) electrons. The highest BCUT2D eigenvalue weighted by Gasteiger charge is 2.25. The first-order chi connectivity index (χ1) is 9.53. The molecule has 0 fully saturated rings. The van der Waals surface area contributed by atoms with Gasteiger partial charge in [0.15, 0.2) is 11.5 Å². The van der Waals surface area contributed by atoms with Crippen molar-refractivity contribution in [3.05, 3.63) is 23.8 Å². The number of likely N-dealkylation sites (N-methyl/N-ethyl adjacent to an activating group) is 1. The highest BCUT2D eigenvalue weighted by Crippen LogP contribution is 2.30. The van der Waals surface area contributed by atoms with Crippen molar-refractivity contribution in [2.24, 2.45) is 0 Å². The van der Waals surface area contributed by atoms with Crippen LogP contribution in [0.4, 0.5) is 0 Å².